The predicted molar refractivity (Wildman–Crippen MR) is 98.4 cm³/mol. The number of methoxy groups -OCH3 is 1. The first kappa shape index (κ1) is 18.8. The lowest BCUT2D eigenvalue weighted by Gasteiger charge is -2.23. The molecule has 0 amide bonds. The van der Waals surface area contributed by atoms with Crippen LogP contribution in [0.4, 0.5) is 0 Å². The van der Waals surface area contributed by atoms with E-state index in [1.54, 1.807) is 7.11 Å². The highest BCUT2D eigenvalue weighted by atomic mass is 16.5. The summed E-state index contributed by atoms with van der Waals surface area (Å²) in [6.45, 7) is 16.1. The van der Waals surface area contributed by atoms with Crippen LogP contribution in [0, 0.1) is 19.3 Å². The average molecular weight is 335 g/mol. The molecule has 1 N–H and O–H groups in total. The smallest absolute Gasteiger partial charge is 0.194 e. The topological polar surface area (TPSA) is 54.7 Å². The maximum atomic E-state index is 5.16. The van der Waals surface area contributed by atoms with Gasteiger partial charge >= 0.3 is 0 Å². The molecule has 0 atom stereocenters. The summed E-state index contributed by atoms with van der Waals surface area (Å²) in [7, 11) is 1.72. The van der Waals surface area contributed by atoms with Crippen molar-refractivity contribution in [1.29, 1.82) is 0 Å². The van der Waals surface area contributed by atoms with Gasteiger partial charge in [0.2, 0.25) is 0 Å². The van der Waals surface area contributed by atoms with E-state index in [2.05, 4.69) is 49.9 Å². The van der Waals surface area contributed by atoms with Crippen molar-refractivity contribution in [2.75, 3.05) is 33.4 Å². The molecule has 1 aliphatic heterocycles. The molecule has 0 unspecified atom stereocenters. The van der Waals surface area contributed by atoms with Crippen molar-refractivity contribution in [2.45, 2.75) is 54.1 Å². The standard InChI is InChI=1S/C18H33N5O/c1-7-19-17(22-9-8-18(4,5)13-22)20-12-16-14(2)21-23(15(16)3)10-11-24-6/h7-13H2,1-6H3,(H,19,20). The molecular weight excluding hydrogens is 302 g/mol. The fraction of sp³-hybridized carbons (Fsp3) is 0.778. The molecule has 1 saturated heterocycles. The number of rotatable bonds is 6. The van der Waals surface area contributed by atoms with Crippen molar-refractivity contribution < 1.29 is 4.74 Å². The molecule has 24 heavy (non-hydrogen) atoms. The van der Waals surface area contributed by atoms with Gasteiger partial charge in [0.05, 0.1) is 25.4 Å². The second-order valence-electron chi connectivity index (χ2n) is 7.37. The summed E-state index contributed by atoms with van der Waals surface area (Å²) in [5, 5.41) is 8.07. The molecule has 6 heteroatoms. The number of hydrogen-bond donors (Lipinski definition) is 1. The van der Waals surface area contributed by atoms with E-state index in [0.29, 0.717) is 18.6 Å². The zero-order valence-corrected chi connectivity index (χ0v) is 16.1. The molecule has 2 heterocycles. The summed E-state index contributed by atoms with van der Waals surface area (Å²) in [5.41, 5.74) is 3.84. The third-order valence-electron chi connectivity index (χ3n) is 4.74. The Kier molecular flexibility index (Phi) is 6.27. The van der Waals surface area contributed by atoms with E-state index in [1.165, 1.54) is 17.7 Å². The number of likely N-dealkylation sites (tertiary alicyclic amines) is 1. The lowest BCUT2D eigenvalue weighted by molar-refractivity contribution is 0.182. The maximum Gasteiger partial charge on any atom is 0.194 e. The fourth-order valence-electron chi connectivity index (χ4n) is 3.23. The van der Waals surface area contributed by atoms with Gasteiger partial charge in [0.15, 0.2) is 5.96 Å². The maximum absolute atomic E-state index is 5.16. The van der Waals surface area contributed by atoms with Crippen molar-refractivity contribution in [3.05, 3.63) is 17.0 Å². The summed E-state index contributed by atoms with van der Waals surface area (Å²) in [4.78, 5) is 7.27. The average Bonchev–Trinajstić information content (AvgIpc) is 3.02. The zero-order valence-electron chi connectivity index (χ0n) is 16.1. The van der Waals surface area contributed by atoms with Crippen LogP contribution in [-0.2, 0) is 17.8 Å². The Bertz CT molecular complexity index is 576. The lowest BCUT2D eigenvalue weighted by atomic mass is 9.93. The SMILES string of the molecule is CCNC(=NCc1c(C)nn(CCOC)c1C)N1CCC(C)(C)C1. The molecule has 1 aliphatic rings. The van der Waals surface area contributed by atoms with E-state index in [-0.39, 0.29) is 0 Å². The Morgan fingerprint density at radius 1 is 1.38 bits per heavy atom. The third kappa shape index (κ3) is 4.50. The molecule has 1 aromatic heterocycles. The Balaban J connectivity index is 2.13. The minimum Gasteiger partial charge on any atom is -0.383 e. The molecule has 0 radical (unpaired) electrons. The van der Waals surface area contributed by atoms with Crippen LogP contribution >= 0.6 is 0 Å². The van der Waals surface area contributed by atoms with Crippen LogP contribution in [0.2, 0.25) is 0 Å². The summed E-state index contributed by atoms with van der Waals surface area (Å²) < 4.78 is 7.19. The van der Waals surface area contributed by atoms with E-state index in [4.69, 9.17) is 9.73 Å². The number of ether oxygens (including phenoxy) is 1. The van der Waals surface area contributed by atoms with Crippen LogP contribution in [0.3, 0.4) is 0 Å². The van der Waals surface area contributed by atoms with Crippen LogP contribution in [0.5, 0.6) is 0 Å². The Hall–Kier alpha value is -1.56. The van der Waals surface area contributed by atoms with Gasteiger partial charge in [0.25, 0.3) is 0 Å². The number of nitrogens with one attached hydrogen (secondary N) is 1. The first-order valence-corrected chi connectivity index (χ1v) is 8.93. The Morgan fingerprint density at radius 3 is 2.71 bits per heavy atom. The summed E-state index contributed by atoms with van der Waals surface area (Å²) >= 11 is 0. The van der Waals surface area contributed by atoms with Gasteiger partial charge in [0.1, 0.15) is 0 Å². The number of nitrogens with zero attached hydrogens (tertiary/aromatic N) is 4. The number of hydrogen-bond acceptors (Lipinski definition) is 3. The molecule has 2 rings (SSSR count). The first-order valence-electron chi connectivity index (χ1n) is 8.93. The molecule has 0 aliphatic carbocycles. The molecule has 6 nitrogen and oxygen atoms in total. The highest BCUT2D eigenvalue weighted by Crippen LogP contribution is 2.28. The molecule has 1 fully saturated rings. The first-order chi connectivity index (χ1) is 11.4. The van der Waals surface area contributed by atoms with E-state index >= 15 is 0 Å². The van der Waals surface area contributed by atoms with Gasteiger partial charge in [-0.15, -0.1) is 0 Å². The summed E-state index contributed by atoms with van der Waals surface area (Å²) in [6, 6.07) is 0. The molecule has 0 aromatic carbocycles. The minimum absolute atomic E-state index is 0.368. The normalized spacial score (nSPS) is 17.6. The molecule has 1 aromatic rings. The minimum atomic E-state index is 0.368. The van der Waals surface area contributed by atoms with Crippen LogP contribution < -0.4 is 5.32 Å². The van der Waals surface area contributed by atoms with E-state index in [0.717, 1.165) is 37.8 Å². The van der Waals surface area contributed by atoms with Crippen molar-refractivity contribution in [3.63, 3.8) is 0 Å². The van der Waals surface area contributed by atoms with Crippen LogP contribution in [0.25, 0.3) is 0 Å². The third-order valence-corrected chi connectivity index (χ3v) is 4.74. The van der Waals surface area contributed by atoms with Crippen molar-refractivity contribution in [1.82, 2.24) is 20.0 Å². The molecular formula is C18H33N5O. The number of guanidine groups is 1. The van der Waals surface area contributed by atoms with Gasteiger partial charge in [-0.25, -0.2) is 4.99 Å². The molecule has 0 bridgehead atoms. The highest BCUT2D eigenvalue weighted by molar-refractivity contribution is 5.80. The second-order valence-corrected chi connectivity index (χ2v) is 7.37. The van der Waals surface area contributed by atoms with Gasteiger partial charge in [-0.2, -0.15) is 5.10 Å². The van der Waals surface area contributed by atoms with Gasteiger partial charge in [0, 0.05) is 38.0 Å². The Labute approximate surface area is 146 Å². The van der Waals surface area contributed by atoms with E-state index in [1.807, 2.05) is 4.68 Å². The zero-order chi connectivity index (χ0) is 17.7. The van der Waals surface area contributed by atoms with E-state index in [9.17, 15) is 0 Å². The quantitative estimate of drug-likeness (QED) is 0.640. The molecule has 0 saturated carbocycles. The number of aryl methyl sites for hydroxylation is 1. The number of aliphatic imine (C=N–C) groups is 1. The highest BCUT2D eigenvalue weighted by Gasteiger charge is 2.30. The van der Waals surface area contributed by atoms with Gasteiger partial charge in [-0.05, 0) is 32.6 Å². The van der Waals surface area contributed by atoms with Crippen LogP contribution in [-0.4, -0.2) is 54.0 Å². The molecule has 0 spiro atoms. The van der Waals surface area contributed by atoms with Gasteiger partial charge in [-0.3, -0.25) is 4.68 Å². The van der Waals surface area contributed by atoms with Crippen molar-refractivity contribution in [2.24, 2.45) is 10.4 Å². The van der Waals surface area contributed by atoms with Gasteiger partial charge < -0.3 is 15.0 Å². The van der Waals surface area contributed by atoms with Crippen molar-refractivity contribution >= 4 is 5.96 Å². The monoisotopic (exact) mass is 335 g/mol. The summed E-state index contributed by atoms with van der Waals surface area (Å²) in [6.07, 6.45) is 1.21. The van der Waals surface area contributed by atoms with Crippen LogP contribution in [0.1, 0.15) is 44.1 Å². The predicted octanol–water partition coefficient (Wildman–Crippen LogP) is 2.34. The van der Waals surface area contributed by atoms with E-state index < -0.39 is 0 Å². The lowest BCUT2D eigenvalue weighted by Crippen LogP contribution is -2.40. The van der Waals surface area contributed by atoms with Crippen LogP contribution in [0.15, 0.2) is 4.99 Å². The summed E-state index contributed by atoms with van der Waals surface area (Å²) in [5.74, 6) is 1.02. The Morgan fingerprint density at radius 2 is 2.12 bits per heavy atom. The van der Waals surface area contributed by atoms with Gasteiger partial charge in [-0.1, -0.05) is 13.8 Å². The van der Waals surface area contributed by atoms with Crippen molar-refractivity contribution in [3.8, 4) is 0 Å². The fourth-order valence-corrected chi connectivity index (χ4v) is 3.23. The largest absolute Gasteiger partial charge is 0.383 e. The number of aromatic nitrogens is 2. The second kappa shape index (κ2) is 8.01. The molecule has 136 valence electrons.